The van der Waals surface area contributed by atoms with Crippen molar-refractivity contribution in [1.82, 2.24) is 0 Å². The minimum absolute atomic E-state index is 1.32. The van der Waals surface area contributed by atoms with Crippen molar-refractivity contribution in [3.63, 3.8) is 0 Å². The number of hydrogen-bond acceptors (Lipinski definition) is 0. The monoisotopic (exact) mass is 380 g/mol. The lowest BCUT2D eigenvalue weighted by molar-refractivity contribution is 1.64. The molecule has 0 amide bonds. The summed E-state index contributed by atoms with van der Waals surface area (Å²) in [6.45, 7) is 0. The lowest BCUT2D eigenvalue weighted by atomic mass is 10.1. The van der Waals surface area contributed by atoms with Crippen molar-refractivity contribution < 1.29 is 0 Å². The van der Waals surface area contributed by atoms with Gasteiger partial charge in [-0.2, -0.15) is 0 Å². The van der Waals surface area contributed by atoms with Crippen LogP contribution in [0.4, 0.5) is 0 Å². The van der Waals surface area contributed by atoms with E-state index in [4.69, 9.17) is 0 Å². The molecule has 0 aliphatic rings. The maximum Gasteiger partial charge on any atom is 0.0270 e. The molecule has 0 radical (unpaired) electrons. The van der Waals surface area contributed by atoms with Gasteiger partial charge in [-0.1, -0.05) is 24.3 Å². The highest BCUT2D eigenvalue weighted by atomic mass is 127. The molecular weight excluding hydrogens is 374 g/mol. The second-order valence-electron chi connectivity index (χ2n) is 2.61. The van der Waals surface area contributed by atoms with E-state index in [1.807, 2.05) is 0 Å². The van der Waals surface area contributed by atoms with Crippen LogP contribution in [-0.4, -0.2) is 0 Å². The van der Waals surface area contributed by atoms with Gasteiger partial charge in [0.25, 0.3) is 0 Å². The molecule has 0 fully saturated rings. The van der Waals surface area contributed by atoms with Crippen LogP contribution in [0.2, 0.25) is 0 Å². The molecule has 0 N–H and O–H groups in total. The minimum atomic E-state index is 1.32. The normalized spacial score (nSPS) is 10.5. The second kappa shape index (κ2) is 3.49. The molecule has 2 rings (SSSR count). The van der Waals surface area contributed by atoms with Crippen LogP contribution < -0.4 is 0 Å². The van der Waals surface area contributed by atoms with Gasteiger partial charge in [-0.3, -0.25) is 0 Å². The third-order valence-electron chi connectivity index (χ3n) is 1.79. The quantitative estimate of drug-likeness (QED) is 0.606. The fraction of sp³-hybridized carbons (Fsp3) is 0. The first-order valence-electron chi connectivity index (χ1n) is 3.61. The molecule has 60 valence electrons. The zero-order valence-electron chi connectivity index (χ0n) is 6.22. The smallest absolute Gasteiger partial charge is 0.0270 e. The van der Waals surface area contributed by atoms with E-state index in [1.54, 1.807) is 0 Å². The third kappa shape index (κ3) is 1.59. The van der Waals surface area contributed by atoms with Crippen molar-refractivity contribution in [2.24, 2.45) is 0 Å². The predicted molar refractivity (Wildman–Crippen MR) is 69.4 cm³/mol. The van der Waals surface area contributed by atoms with Crippen molar-refractivity contribution in [3.05, 3.63) is 43.5 Å². The van der Waals surface area contributed by atoms with Crippen LogP contribution in [-0.2, 0) is 0 Å². The van der Waals surface area contributed by atoms with Crippen LogP contribution in [0.15, 0.2) is 36.4 Å². The van der Waals surface area contributed by atoms with Gasteiger partial charge in [0.15, 0.2) is 0 Å². The van der Waals surface area contributed by atoms with Gasteiger partial charge >= 0.3 is 0 Å². The van der Waals surface area contributed by atoms with E-state index in [9.17, 15) is 0 Å². The molecule has 2 heteroatoms. The van der Waals surface area contributed by atoms with Gasteiger partial charge in [0.1, 0.15) is 0 Å². The highest BCUT2D eigenvalue weighted by molar-refractivity contribution is 14.1. The Balaban J connectivity index is 2.84. The topological polar surface area (TPSA) is 0 Å². The average Bonchev–Trinajstić information content (AvgIpc) is 2.07. The first kappa shape index (κ1) is 8.74. The van der Waals surface area contributed by atoms with Crippen molar-refractivity contribution in [3.8, 4) is 0 Å². The Kier molecular flexibility index (Phi) is 2.55. The van der Waals surface area contributed by atoms with Gasteiger partial charge in [-0.15, -0.1) is 0 Å². The summed E-state index contributed by atoms with van der Waals surface area (Å²) < 4.78 is 2.65. The highest BCUT2D eigenvalue weighted by Crippen LogP contribution is 2.22. The molecule has 0 saturated heterocycles. The molecule has 0 heterocycles. The maximum atomic E-state index is 2.36. The molecule has 0 bridgehead atoms. The molecule has 0 atom stereocenters. The molecule has 0 aliphatic carbocycles. The third-order valence-corrected chi connectivity index (χ3v) is 4.61. The number of hydrogen-bond donors (Lipinski definition) is 0. The van der Waals surface area contributed by atoms with E-state index in [0.29, 0.717) is 0 Å². The minimum Gasteiger partial charge on any atom is -0.0616 e. The maximum absolute atomic E-state index is 2.36. The number of benzene rings is 2. The molecular formula is C10H6I2. The molecule has 0 aromatic heterocycles. The first-order chi connectivity index (χ1) is 5.77. The van der Waals surface area contributed by atoms with E-state index in [-0.39, 0.29) is 0 Å². The molecule has 2 aromatic carbocycles. The van der Waals surface area contributed by atoms with Gasteiger partial charge in [0.2, 0.25) is 0 Å². The van der Waals surface area contributed by atoms with Gasteiger partial charge < -0.3 is 0 Å². The summed E-state index contributed by atoms with van der Waals surface area (Å²) in [5.74, 6) is 0. The van der Waals surface area contributed by atoms with Crippen LogP contribution in [0.5, 0.6) is 0 Å². The Labute approximate surface area is 98.6 Å². The molecule has 2 aromatic rings. The van der Waals surface area contributed by atoms with Crippen molar-refractivity contribution in [2.75, 3.05) is 0 Å². The Morgan fingerprint density at radius 3 is 1.58 bits per heavy atom. The van der Waals surface area contributed by atoms with Crippen molar-refractivity contribution in [1.29, 1.82) is 0 Å². The van der Waals surface area contributed by atoms with Gasteiger partial charge in [0.05, 0.1) is 0 Å². The molecule has 12 heavy (non-hydrogen) atoms. The van der Waals surface area contributed by atoms with Crippen LogP contribution in [0.1, 0.15) is 0 Å². The Morgan fingerprint density at radius 2 is 1.17 bits per heavy atom. The lowest BCUT2D eigenvalue weighted by Crippen LogP contribution is -1.79. The van der Waals surface area contributed by atoms with Gasteiger partial charge in [0, 0.05) is 7.14 Å². The van der Waals surface area contributed by atoms with E-state index in [0.717, 1.165) is 0 Å². The Bertz CT molecular complexity index is 381. The summed E-state index contributed by atoms with van der Waals surface area (Å²) >= 11 is 4.73. The Morgan fingerprint density at radius 1 is 0.750 bits per heavy atom. The standard InChI is InChI=1S/C10H6I2/c11-9-5-7-3-1-2-4-8(7)6-10(9)12/h1-6H. The summed E-state index contributed by atoms with van der Waals surface area (Å²) in [6.07, 6.45) is 0. The van der Waals surface area contributed by atoms with Crippen LogP contribution in [0, 0.1) is 7.14 Å². The summed E-state index contributed by atoms with van der Waals surface area (Å²) in [5.41, 5.74) is 0. The fourth-order valence-electron chi connectivity index (χ4n) is 1.18. The first-order valence-corrected chi connectivity index (χ1v) is 5.77. The Hall–Kier alpha value is 0.160. The van der Waals surface area contributed by atoms with Crippen LogP contribution >= 0.6 is 45.2 Å². The van der Waals surface area contributed by atoms with Crippen LogP contribution in [0.25, 0.3) is 10.8 Å². The molecule has 0 unspecified atom stereocenters. The second-order valence-corrected chi connectivity index (χ2v) is 4.94. The number of rotatable bonds is 0. The van der Waals surface area contributed by atoms with E-state index in [1.165, 1.54) is 17.9 Å². The summed E-state index contributed by atoms with van der Waals surface area (Å²) in [7, 11) is 0. The SMILES string of the molecule is Ic1cc2ccccc2cc1I. The molecule has 0 aliphatic heterocycles. The van der Waals surface area contributed by atoms with Crippen molar-refractivity contribution in [2.45, 2.75) is 0 Å². The largest absolute Gasteiger partial charge is 0.0616 e. The van der Waals surface area contributed by atoms with Crippen LogP contribution in [0.3, 0.4) is 0 Å². The number of halogens is 2. The fourth-order valence-corrected chi connectivity index (χ4v) is 2.17. The summed E-state index contributed by atoms with van der Waals surface area (Å²) in [4.78, 5) is 0. The van der Waals surface area contributed by atoms with Crippen molar-refractivity contribution >= 4 is 56.0 Å². The molecule has 0 spiro atoms. The zero-order chi connectivity index (χ0) is 8.55. The predicted octanol–water partition coefficient (Wildman–Crippen LogP) is 4.05. The van der Waals surface area contributed by atoms with E-state index >= 15 is 0 Å². The van der Waals surface area contributed by atoms with E-state index < -0.39 is 0 Å². The number of fused-ring (bicyclic) bond motifs is 1. The van der Waals surface area contributed by atoms with Gasteiger partial charge in [-0.25, -0.2) is 0 Å². The molecule has 0 saturated carbocycles. The van der Waals surface area contributed by atoms with Gasteiger partial charge in [-0.05, 0) is 68.1 Å². The highest BCUT2D eigenvalue weighted by Gasteiger charge is 1.97. The van der Waals surface area contributed by atoms with E-state index in [2.05, 4.69) is 81.6 Å². The average molecular weight is 380 g/mol. The molecule has 0 nitrogen and oxygen atoms in total. The lowest BCUT2D eigenvalue weighted by Gasteiger charge is -2.00. The zero-order valence-corrected chi connectivity index (χ0v) is 10.5. The summed E-state index contributed by atoms with van der Waals surface area (Å²) in [6, 6.07) is 12.9. The summed E-state index contributed by atoms with van der Waals surface area (Å²) in [5, 5.41) is 2.64.